The molecule has 2 aromatic carbocycles. The first kappa shape index (κ1) is 14.9. The van der Waals surface area contributed by atoms with Crippen LogP contribution in [0.5, 0.6) is 5.75 Å². The van der Waals surface area contributed by atoms with Crippen LogP contribution in [0, 0.1) is 0 Å². The molecule has 0 aliphatic rings. The predicted molar refractivity (Wildman–Crippen MR) is 84.3 cm³/mol. The van der Waals surface area contributed by atoms with Crippen molar-refractivity contribution in [3.05, 3.63) is 64.7 Å². The van der Waals surface area contributed by atoms with Gasteiger partial charge in [-0.05, 0) is 48.9 Å². The zero-order chi connectivity index (χ0) is 14.4. The molecule has 1 unspecified atom stereocenters. The SMILES string of the molecule is CCNC(C)c1cccc(OCc2ccc(Cl)cc2)c1. The van der Waals surface area contributed by atoms with Crippen LogP contribution in [0.15, 0.2) is 48.5 Å². The van der Waals surface area contributed by atoms with Gasteiger partial charge in [-0.25, -0.2) is 0 Å². The number of hydrogen-bond acceptors (Lipinski definition) is 2. The normalized spacial score (nSPS) is 12.2. The number of halogens is 1. The van der Waals surface area contributed by atoms with Crippen LogP contribution in [0.4, 0.5) is 0 Å². The molecule has 3 heteroatoms. The van der Waals surface area contributed by atoms with Crippen molar-refractivity contribution in [3.8, 4) is 5.75 Å². The topological polar surface area (TPSA) is 21.3 Å². The Morgan fingerprint density at radius 3 is 2.60 bits per heavy atom. The van der Waals surface area contributed by atoms with Crippen LogP contribution in [0.2, 0.25) is 5.02 Å². The highest BCUT2D eigenvalue weighted by Crippen LogP contribution is 2.20. The van der Waals surface area contributed by atoms with Crippen LogP contribution in [0.3, 0.4) is 0 Å². The van der Waals surface area contributed by atoms with E-state index in [-0.39, 0.29) is 0 Å². The molecule has 2 nitrogen and oxygen atoms in total. The van der Waals surface area contributed by atoms with Crippen molar-refractivity contribution in [1.82, 2.24) is 5.32 Å². The summed E-state index contributed by atoms with van der Waals surface area (Å²) in [6.45, 7) is 5.77. The first-order valence-electron chi connectivity index (χ1n) is 6.89. The summed E-state index contributed by atoms with van der Waals surface area (Å²) in [6.07, 6.45) is 0. The maximum absolute atomic E-state index is 5.87. The summed E-state index contributed by atoms with van der Waals surface area (Å²) in [5, 5.41) is 4.14. The maximum atomic E-state index is 5.87. The van der Waals surface area contributed by atoms with Crippen LogP contribution in [-0.4, -0.2) is 6.54 Å². The van der Waals surface area contributed by atoms with Gasteiger partial charge in [-0.3, -0.25) is 0 Å². The molecule has 0 bridgehead atoms. The van der Waals surface area contributed by atoms with E-state index in [1.54, 1.807) is 0 Å². The van der Waals surface area contributed by atoms with Gasteiger partial charge in [0, 0.05) is 11.1 Å². The van der Waals surface area contributed by atoms with E-state index < -0.39 is 0 Å². The van der Waals surface area contributed by atoms with Gasteiger partial charge >= 0.3 is 0 Å². The summed E-state index contributed by atoms with van der Waals surface area (Å²) in [5.74, 6) is 0.891. The minimum Gasteiger partial charge on any atom is -0.489 e. The second-order valence-electron chi connectivity index (χ2n) is 4.77. The van der Waals surface area contributed by atoms with Gasteiger partial charge in [-0.2, -0.15) is 0 Å². The number of rotatable bonds is 6. The minimum absolute atomic E-state index is 0.332. The summed E-state index contributed by atoms with van der Waals surface area (Å²) in [6, 6.07) is 16.3. The molecule has 0 aliphatic heterocycles. The molecule has 1 atom stereocenters. The smallest absolute Gasteiger partial charge is 0.120 e. The third-order valence-corrected chi connectivity index (χ3v) is 3.44. The van der Waals surface area contributed by atoms with Gasteiger partial charge in [-0.15, -0.1) is 0 Å². The molecule has 20 heavy (non-hydrogen) atoms. The second kappa shape index (κ2) is 7.32. The van der Waals surface area contributed by atoms with E-state index in [9.17, 15) is 0 Å². The summed E-state index contributed by atoms with van der Waals surface area (Å²) in [7, 11) is 0. The van der Waals surface area contributed by atoms with Crippen molar-refractivity contribution in [2.75, 3.05) is 6.54 Å². The maximum Gasteiger partial charge on any atom is 0.120 e. The Bertz CT molecular complexity index is 539. The third kappa shape index (κ3) is 4.26. The monoisotopic (exact) mass is 289 g/mol. The molecular weight excluding hydrogens is 270 g/mol. The average molecular weight is 290 g/mol. The zero-order valence-corrected chi connectivity index (χ0v) is 12.7. The van der Waals surface area contributed by atoms with Crippen LogP contribution in [-0.2, 0) is 6.61 Å². The Labute approximate surface area is 125 Å². The summed E-state index contributed by atoms with van der Waals surface area (Å²) < 4.78 is 5.83. The standard InChI is InChI=1S/C17H20ClNO/c1-3-19-13(2)15-5-4-6-17(11-15)20-12-14-7-9-16(18)10-8-14/h4-11,13,19H,3,12H2,1-2H3. The molecule has 2 aromatic rings. The second-order valence-corrected chi connectivity index (χ2v) is 5.20. The van der Waals surface area contributed by atoms with Gasteiger partial charge < -0.3 is 10.1 Å². The third-order valence-electron chi connectivity index (χ3n) is 3.19. The lowest BCUT2D eigenvalue weighted by Gasteiger charge is -2.14. The summed E-state index contributed by atoms with van der Waals surface area (Å²) in [5.41, 5.74) is 2.35. The molecule has 0 heterocycles. The predicted octanol–water partition coefficient (Wildman–Crippen LogP) is 4.59. The molecule has 0 saturated carbocycles. The molecule has 1 N–H and O–H groups in total. The van der Waals surface area contributed by atoms with E-state index in [4.69, 9.17) is 16.3 Å². The minimum atomic E-state index is 0.332. The highest BCUT2D eigenvalue weighted by Gasteiger charge is 2.05. The number of nitrogens with one attached hydrogen (secondary N) is 1. The van der Waals surface area contributed by atoms with E-state index in [2.05, 4.69) is 31.3 Å². The fourth-order valence-electron chi connectivity index (χ4n) is 2.05. The molecule has 106 valence electrons. The Morgan fingerprint density at radius 1 is 1.15 bits per heavy atom. The van der Waals surface area contributed by atoms with Crippen molar-refractivity contribution in [1.29, 1.82) is 0 Å². The van der Waals surface area contributed by atoms with Crippen molar-refractivity contribution < 1.29 is 4.74 Å². The zero-order valence-electron chi connectivity index (χ0n) is 11.9. The van der Waals surface area contributed by atoms with Gasteiger partial charge in [0.2, 0.25) is 0 Å². The molecule has 2 rings (SSSR count). The van der Waals surface area contributed by atoms with Crippen LogP contribution in [0.1, 0.15) is 31.0 Å². The Morgan fingerprint density at radius 2 is 1.90 bits per heavy atom. The highest BCUT2D eigenvalue weighted by atomic mass is 35.5. The van der Waals surface area contributed by atoms with Crippen LogP contribution >= 0.6 is 11.6 Å². The van der Waals surface area contributed by atoms with E-state index in [0.717, 1.165) is 22.9 Å². The Hall–Kier alpha value is -1.51. The van der Waals surface area contributed by atoms with E-state index in [0.29, 0.717) is 12.6 Å². The molecule has 0 saturated heterocycles. The van der Waals surface area contributed by atoms with E-state index in [1.807, 2.05) is 36.4 Å². The van der Waals surface area contributed by atoms with Gasteiger partial charge in [0.05, 0.1) is 0 Å². The quantitative estimate of drug-likeness (QED) is 0.840. The van der Waals surface area contributed by atoms with E-state index >= 15 is 0 Å². The van der Waals surface area contributed by atoms with E-state index in [1.165, 1.54) is 5.56 Å². The van der Waals surface area contributed by atoms with Crippen molar-refractivity contribution in [2.45, 2.75) is 26.5 Å². The van der Waals surface area contributed by atoms with Gasteiger partial charge in [0.1, 0.15) is 12.4 Å². The van der Waals surface area contributed by atoms with Crippen molar-refractivity contribution >= 4 is 11.6 Å². The Kier molecular flexibility index (Phi) is 5.45. The molecular formula is C17H20ClNO. The van der Waals surface area contributed by atoms with Gasteiger partial charge in [0.25, 0.3) is 0 Å². The molecule has 0 amide bonds. The first-order valence-corrected chi connectivity index (χ1v) is 7.27. The number of benzene rings is 2. The van der Waals surface area contributed by atoms with Gasteiger partial charge in [0.15, 0.2) is 0 Å². The summed E-state index contributed by atoms with van der Waals surface area (Å²) in [4.78, 5) is 0. The lowest BCUT2D eigenvalue weighted by molar-refractivity contribution is 0.305. The fourth-order valence-corrected chi connectivity index (χ4v) is 2.17. The molecule has 0 spiro atoms. The Balaban J connectivity index is 1.99. The highest BCUT2D eigenvalue weighted by molar-refractivity contribution is 6.30. The average Bonchev–Trinajstić information content (AvgIpc) is 2.47. The lowest BCUT2D eigenvalue weighted by Crippen LogP contribution is -2.17. The lowest BCUT2D eigenvalue weighted by atomic mass is 10.1. The first-order chi connectivity index (χ1) is 9.69. The number of ether oxygens (including phenoxy) is 1. The van der Waals surface area contributed by atoms with Gasteiger partial charge in [-0.1, -0.05) is 42.8 Å². The molecule has 0 fully saturated rings. The largest absolute Gasteiger partial charge is 0.489 e. The van der Waals surface area contributed by atoms with Crippen LogP contribution in [0.25, 0.3) is 0 Å². The fraction of sp³-hybridized carbons (Fsp3) is 0.294. The van der Waals surface area contributed by atoms with Crippen molar-refractivity contribution in [3.63, 3.8) is 0 Å². The summed E-state index contributed by atoms with van der Waals surface area (Å²) >= 11 is 5.87. The molecule has 0 aliphatic carbocycles. The van der Waals surface area contributed by atoms with Crippen molar-refractivity contribution in [2.24, 2.45) is 0 Å². The molecule has 0 aromatic heterocycles. The number of hydrogen-bond donors (Lipinski definition) is 1. The van der Waals surface area contributed by atoms with Crippen LogP contribution < -0.4 is 10.1 Å². The molecule has 0 radical (unpaired) electrons.